The summed E-state index contributed by atoms with van der Waals surface area (Å²) in [5, 5.41) is 3.64. The first-order valence-electron chi connectivity index (χ1n) is 12.6. The molecule has 37 heavy (non-hydrogen) atoms. The van der Waals surface area contributed by atoms with E-state index in [4.69, 9.17) is 9.16 Å². The molecule has 0 spiro atoms. The van der Waals surface area contributed by atoms with E-state index in [0.717, 1.165) is 0 Å². The molecule has 0 atom stereocenters. The Labute approximate surface area is 235 Å². The SMILES string of the molecule is CC(C)OC(=O)C/C(=C\[P+](c1ccccc1)(c1ccccc1)c1ccccc1)O[Si](C)(C)C(C)(C)C.[Br-]. The monoisotopic (exact) mass is 598 g/mol. The Morgan fingerprint density at radius 1 is 0.811 bits per heavy atom. The third kappa shape index (κ3) is 7.66. The highest BCUT2D eigenvalue weighted by Crippen LogP contribution is 2.58. The second-order valence-corrected chi connectivity index (χ2v) is 18.9. The molecule has 0 unspecified atom stereocenters. The quantitative estimate of drug-likeness (QED) is 0.160. The number of rotatable bonds is 9. The summed E-state index contributed by atoms with van der Waals surface area (Å²) in [4.78, 5) is 13.0. The summed E-state index contributed by atoms with van der Waals surface area (Å²) in [5.41, 5.74) is 0. The van der Waals surface area contributed by atoms with Gasteiger partial charge in [-0.25, -0.2) is 0 Å². The fraction of sp³-hybridized carbons (Fsp3) is 0.323. The van der Waals surface area contributed by atoms with E-state index in [9.17, 15) is 4.79 Å². The molecule has 0 aromatic heterocycles. The van der Waals surface area contributed by atoms with Crippen molar-refractivity contribution in [1.29, 1.82) is 0 Å². The predicted octanol–water partition coefficient (Wildman–Crippen LogP) is 4.19. The molecule has 0 fully saturated rings. The number of ether oxygens (including phenoxy) is 1. The van der Waals surface area contributed by atoms with Gasteiger partial charge in [-0.1, -0.05) is 75.4 Å². The molecular formula is C31H40BrO3PSi. The maximum absolute atomic E-state index is 13.0. The molecule has 0 aliphatic heterocycles. The number of benzene rings is 3. The van der Waals surface area contributed by atoms with Gasteiger partial charge in [0.25, 0.3) is 0 Å². The van der Waals surface area contributed by atoms with Crippen molar-refractivity contribution in [2.45, 2.75) is 65.3 Å². The zero-order chi connectivity index (χ0) is 26.4. The highest BCUT2D eigenvalue weighted by atomic mass is 79.9. The molecule has 3 aromatic carbocycles. The van der Waals surface area contributed by atoms with Crippen LogP contribution in [0.2, 0.25) is 18.1 Å². The van der Waals surface area contributed by atoms with Crippen LogP contribution >= 0.6 is 7.26 Å². The summed E-state index contributed by atoms with van der Waals surface area (Å²) < 4.78 is 12.5. The van der Waals surface area contributed by atoms with Crippen LogP contribution in [0.1, 0.15) is 41.0 Å². The van der Waals surface area contributed by atoms with E-state index in [1.807, 2.05) is 32.0 Å². The third-order valence-corrected chi connectivity index (χ3v) is 15.1. The second-order valence-electron chi connectivity index (χ2n) is 10.9. The van der Waals surface area contributed by atoms with Crippen LogP contribution in [0.4, 0.5) is 0 Å². The highest BCUT2D eigenvalue weighted by molar-refractivity contribution is 7.98. The van der Waals surface area contributed by atoms with Crippen LogP contribution in [0, 0.1) is 0 Å². The average Bonchev–Trinajstić information content (AvgIpc) is 2.82. The molecular weight excluding hydrogens is 559 g/mol. The van der Waals surface area contributed by atoms with Crippen molar-refractivity contribution in [1.82, 2.24) is 0 Å². The Morgan fingerprint density at radius 3 is 1.51 bits per heavy atom. The van der Waals surface area contributed by atoms with E-state index in [0.29, 0.717) is 5.76 Å². The van der Waals surface area contributed by atoms with Crippen molar-refractivity contribution < 1.29 is 30.9 Å². The van der Waals surface area contributed by atoms with Gasteiger partial charge in [0.05, 0.1) is 6.10 Å². The molecule has 0 heterocycles. The van der Waals surface area contributed by atoms with Crippen LogP contribution in [0.5, 0.6) is 0 Å². The first-order valence-corrected chi connectivity index (χ1v) is 17.4. The van der Waals surface area contributed by atoms with Gasteiger partial charge in [-0.15, -0.1) is 0 Å². The van der Waals surface area contributed by atoms with Crippen LogP contribution in [-0.2, 0) is 14.0 Å². The molecule has 198 valence electrons. The van der Waals surface area contributed by atoms with Crippen molar-refractivity contribution in [3.63, 3.8) is 0 Å². The lowest BCUT2D eigenvalue weighted by atomic mass is 10.2. The fourth-order valence-corrected chi connectivity index (χ4v) is 8.95. The van der Waals surface area contributed by atoms with E-state index < -0.39 is 15.6 Å². The Kier molecular flexibility index (Phi) is 10.9. The fourth-order valence-electron chi connectivity index (χ4n) is 3.91. The number of esters is 1. The van der Waals surface area contributed by atoms with Crippen molar-refractivity contribution >= 4 is 37.5 Å². The molecule has 0 saturated carbocycles. The molecule has 3 nitrogen and oxygen atoms in total. The predicted molar refractivity (Wildman–Crippen MR) is 157 cm³/mol. The van der Waals surface area contributed by atoms with E-state index >= 15 is 0 Å². The van der Waals surface area contributed by atoms with Gasteiger partial charge in [0.15, 0.2) is 0 Å². The molecule has 0 aliphatic rings. The summed E-state index contributed by atoms with van der Waals surface area (Å²) in [6, 6.07) is 31.8. The smallest absolute Gasteiger partial charge is 0.313 e. The lowest BCUT2D eigenvalue weighted by Gasteiger charge is -2.37. The standard InChI is InChI=1S/C31H40O3PSi.BrH/c1-25(2)33-30(32)23-26(34-36(6,7)31(3,4)5)24-35(27-17-11-8-12-18-27,28-19-13-9-14-20-28)29-21-15-10-16-22-29;/h8-22,24-25H,23H2,1-7H3;1H/q+1;/p-1/b26-24+;. The minimum Gasteiger partial charge on any atom is -1.00 e. The van der Waals surface area contributed by atoms with Crippen LogP contribution in [0.25, 0.3) is 0 Å². The minimum absolute atomic E-state index is 0. The highest BCUT2D eigenvalue weighted by Gasteiger charge is 2.46. The van der Waals surface area contributed by atoms with Gasteiger partial charge >= 0.3 is 5.97 Å². The van der Waals surface area contributed by atoms with Gasteiger partial charge < -0.3 is 26.1 Å². The Hall–Kier alpha value is -2.20. The van der Waals surface area contributed by atoms with Gasteiger partial charge in [-0.3, -0.25) is 4.79 Å². The summed E-state index contributed by atoms with van der Waals surface area (Å²) in [6.45, 7) is 14.9. The van der Waals surface area contributed by atoms with Gasteiger partial charge in [-0.05, 0) is 68.4 Å². The van der Waals surface area contributed by atoms with Crippen molar-refractivity contribution in [3.05, 3.63) is 103 Å². The summed E-state index contributed by atoms with van der Waals surface area (Å²) in [7, 11) is -4.55. The first kappa shape index (κ1) is 31.0. The van der Waals surface area contributed by atoms with Crippen molar-refractivity contribution in [2.75, 3.05) is 0 Å². The number of carbonyl (C=O) groups excluding carboxylic acids is 1. The summed E-state index contributed by atoms with van der Waals surface area (Å²) in [6.07, 6.45) is -0.0672. The molecule has 0 aliphatic carbocycles. The molecule has 0 amide bonds. The van der Waals surface area contributed by atoms with Crippen LogP contribution in [-0.4, -0.2) is 20.4 Å². The number of halogens is 1. The number of carbonyl (C=O) groups is 1. The molecule has 3 aromatic rings. The summed E-state index contributed by atoms with van der Waals surface area (Å²) >= 11 is 0. The molecule has 0 N–H and O–H groups in total. The van der Waals surface area contributed by atoms with E-state index in [1.165, 1.54) is 15.9 Å². The van der Waals surface area contributed by atoms with E-state index in [-0.39, 0.29) is 40.5 Å². The average molecular weight is 600 g/mol. The molecule has 0 bridgehead atoms. The Morgan fingerprint density at radius 2 is 1.19 bits per heavy atom. The largest absolute Gasteiger partial charge is 1.00 e. The van der Waals surface area contributed by atoms with Gasteiger partial charge in [0.2, 0.25) is 8.32 Å². The Bertz CT molecular complexity index is 1060. The van der Waals surface area contributed by atoms with Gasteiger partial charge in [0.1, 0.15) is 41.2 Å². The maximum Gasteiger partial charge on any atom is 0.313 e. The topological polar surface area (TPSA) is 35.5 Å². The lowest BCUT2D eigenvalue weighted by molar-refractivity contribution is -0.147. The zero-order valence-corrected chi connectivity index (χ0v) is 26.6. The van der Waals surface area contributed by atoms with Crippen LogP contribution < -0.4 is 32.9 Å². The minimum atomic E-state index is -2.31. The molecule has 3 rings (SSSR count). The van der Waals surface area contributed by atoms with Crippen molar-refractivity contribution in [2.24, 2.45) is 0 Å². The molecule has 0 saturated heterocycles. The van der Waals surface area contributed by atoms with E-state index in [2.05, 4.69) is 112 Å². The summed E-state index contributed by atoms with van der Waals surface area (Å²) in [5.74, 6) is 2.72. The normalized spacial score (nSPS) is 12.6. The first-order chi connectivity index (χ1) is 17.0. The zero-order valence-electron chi connectivity index (χ0n) is 23.1. The van der Waals surface area contributed by atoms with Gasteiger partial charge in [0, 0.05) is 0 Å². The second kappa shape index (κ2) is 13.0. The molecule has 6 heteroatoms. The molecule has 0 radical (unpaired) electrons. The van der Waals surface area contributed by atoms with Crippen LogP contribution in [0.15, 0.2) is 103 Å². The van der Waals surface area contributed by atoms with Crippen LogP contribution in [0.3, 0.4) is 0 Å². The number of hydrogen-bond donors (Lipinski definition) is 0. The van der Waals surface area contributed by atoms with Gasteiger partial charge in [-0.2, -0.15) is 0 Å². The Balaban J connectivity index is 0.00000481. The van der Waals surface area contributed by atoms with Crippen molar-refractivity contribution in [3.8, 4) is 0 Å². The number of hydrogen-bond acceptors (Lipinski definition) is 3. The third-order valence-electron chi connectivity index (χ3n) is 6.71. The van der Waals surface area contributed by atoms with E-state index in [1.54, 1.807) is 0 Å². The maximum atomic E-state index is 13.0. The lowest BCUT2D eigenvalue weighted by Crippen LogP contribution is -3.00.